The summed E-state index contributed by atoms with van der Waals surface area (Å²) in [7, 11) is 0. The van der Waals surface area contributed by atoms with Gasteiger partial charge in [-0.15, -0.1) is 0 Å². The van der Waals surface area contributed by atoms with Crippen LogP contribution in [-0.2, 0) is 6.18 Å². The zero-order valence-electron chi connectivity index (χ0n) is 6.67. The van der Waals surface area contributed by atoms with Gasteiger partial charge in [-0.2, -0.15) is 13.2 Å². The molecule has 5 heteroatoms. The second-order valence-electron chi connectivity index (χ2n) is 3.09. The fourth-order valence-corrected chi connectivity index (χ4v) is 1.24. The van der Waals surface area contributed by atoms with Crippen LogP contribution in [0.3, 0.4) is 0 Å². The molecule has 1 saturated carbocycles. The van der Waals surface area contributed by atoms with Crippen molar-refractivity contribution in [2.24, 2.45) is 0 Å². The first-order chi connectivity index (χ1) is 6.09. The molecule has 0 atom stereocenters. The molecule has 1 aromatic rings. The summed E-state index contributed by atoms with van der Waals surface area (Å²) in [5, 5.41) is 0. The second kappa shape index (κ2) is 2.68. The summed E-state index contributed by atoms with van der Waals surface area (Å²) in [6, 6.07) is 0. The Morgan fingerprint density at radius 3 is 2.54 bits per heavy atom. The zero-order chi connectivity index (χ0) is 9.47. The lowest BCUT2D eigenvalue weighted by atomic mass is 10.1. The van der Waals surface area contributed by atoms with Crippen LogP contribution in [0.4, 0.5) is 13.2 Å². The van der Waals surface area contributed by atoms with Crippen molar-refractivity contribution in [2.75, 3.05) is 0 Å². The molecule has 1 fully saturated rings. The van der Waals surface area contributed by atoms with Gasteiger partial charge in [0.2, 0.25) is 0 Å². The van der Waals surface area contributed by atoms with E-state index in [4.69, 9.17) is 0 Å². The largest absolute Gasteiger partial charge is 0.419 e. The summed E-state index contributed by atoms with van der Waals surface area (Å²) in [5.74, 6) is -0.000347. The molecule has 0 unspecified atom stereocenters. The molecule has 1 heterocycles. The van der Waals surface area contributed by atoms with E-state index in [0.29, 0.717) is 0 Å². The molecule has 0 N–H and O–H groups in total. The molecule has 13 heavy (non-hydrogen) atoms. The third kappa shape index (κ3) is 1.64. The van der Waals surface area contributed by atoms with Gasteiger partial charge in [-0.25, -0.2) is 9.97 Å². The standard InChI is InChI=1S/C8H7F3N2/c9-8(10,11)6-3-12-4-13-7(6)5-1-2-5/h3-5H,1-2H2. The monoisotopic (exact) mass is 188 g/mol. The molecule has 0 aliphatic heterocycles. The number of nitrogens with zero attached hydrogens (tertiary/aromatic N) is 2. The van der Waals surface area contributed by atoms with Crippen molar-refractivity contribution >= 4 is 0 Å². The van der Waals surface area contributed by atoms with Gasteiger partial charge in [0, 0.05) is 12.1 Å². The molecule has 1 aliphatic rings. The number of halogens is 3. The van der Waals surface area contributed by atoms with E-state index in [1.807, 2.05) is 0 Å². The van der Waals surface area contributed by atoms with E-state index >= 15 is 0 Å². The van der Waals surface area contributed by atoms with Crippen molar-refractivity contribution < 1.29 is 13.2 Å². The minimum atomic E-state index is -4.32. The lowest BCUT2D eigenvalue weighted by Gasteiger charge is -2.09. The van der Waals surface area contributed by atoms with E-state index in [1.165, 1.54) is 6.33 Å². The molecule has 0 bridgehead atoms. The van der Waals surface area contributed by atoms with Crippen LogP contribution in [0.5, 0.6) is 0 Å². The van der Waals surface area contributed by atoms with Gasteiger partial charge in [-0.05, 0) is 12.8 Å². The fourth-order valence-electron chi connectivity index (χ4n) is 1.24. The maximum Gasteiger partial charge on any atom is 0.419 e. The molecular formula is C8H7F3N2. The summed E-state index contributed by atoms with van der Waals surface area (Å²) in [6.07, 6.45) is -0.692. The highest BCUT2D eigenvalue weighted by molar-refractivity contribution is 5.26. The van der Waals surface area contributed by atoms with Gasteiger partial charge < -0.3 is 0 Å². The van der Waals surface area contributed by atoms with Gasteiger partial charge >= 0.3 is 6.18 Å². The summed E-state index contributed by atoms with van der Waals surface area (Å²) < 4.78 is 37.1. The summed E-state index contributed by atoms with van der Waals surface area (Å²) in [4.78, 5) is 7.07. The first-order valence-corrected chi connectivity index (χ1v) is 3.96. The number of hydrogen-bond acceptors (Lipinski definition) is 2. The van der Waals surface area contributed by atoms with Crippen LogP contribution in [0.25, 0.3) is 0 Å². The molecule has 1 aromatic heterocycles. The van der Waals surface area contributed by atoms with Gasteiger partial charge in [-0.3, -0.25) is 0 Å². The van der Waals surface area contributed by atoms with Crippen LogP contribution >= 0.6 is 0 Å². The Bertz CT molecular complexity index is 317. The predicted octanol–water partition coefficient (Wildman–Crippen LogP) is 2.37. The SMILES string of the molecule is FC(F)(F)c1cncnc1C1CC1. The lowest BCUT2D eigenvalue weighted by Crippen LogP contribution is -2.10. The Labute approximate surface area is 72.8 Å². The zero-order valence-corrected chi connectivity index (χ0v) is 6.67. The maximum atomic E-state index is 12.4. The van der Waals surface area contributed by atoms with Crippen molar-refractivity contribution in [3.05, 3.63) is 23.8 Å². The third-order valence-electron chi connectivity index (χ3n) is 2.01. The maximum absolute atomic E-state index is 12.4. The fraction of sp³-hybridized carbons (Fsp3) is 0.500. The first-order valence-electron chi connectivity index (χ1n) is 3.96. The van der Waals surface area contributed by atoms with Crippen LogP contribution < -0.4 is 0 Å². The van der Waals surface area contributed by atoms with Crippen molar-refractivity contribution in [3.8, 4) is 0 Å². The van der Waals surface area contributed by atoms with Crippen molar-refractivity contribution in [1.82, 2.24) is 9.97 Å². The molecule has 0 spiro atoms. The van der Waals surface area contributed by atoms with Gasteiger partial charge in [0.1, 0.15) is 6.33 Å². The number of aromatic nitrogens is 2. The highest BCUT2D eigenvalue weighted by Crippen LogP contribution is 2.44. The van der Waals surface area contributed by atoms with Gasteiger partial charge in [0.05, 0.1) is 11.3 Å². The quantitative estimate of drug-likeness (QED) is 0.676. The van der Waals surface area contributed by atoms with Crippen LogP contribution in [0.1, 0.15) is 30.0 Å². The van der Waals surface area contributed by atoms with Crippen molar-refractivity contribution in [1.29, 1.82) is 0 Å². The molecule has 1 aliphatic carbocycles. The Kier molecular flexibility index (Phi) is 1.75. The van der Waals surface area contributed by atoms with E-state index < -0.39 is 11.7 Å². The average molecular weight is 188 g/mol. The van der Waals surface area contributed by atoms with Crippen LogP contribution in [0, 0.1) is 0 Å². The lowest BCUT2D eigenvalue weighted by molar-refractivity contribution is -0.138. The molecule has 2 nitrogen and oxygen atoms in total. The minimum Gasteiger partial charge on any atom is -0.244 e. The van der Waals surface area contributed by atoms with Crippen LogP contribution in [-0.4, -0.2) is 9.97 Å². The minimum absolute atomic E-state index is 0.000347. The highest BCUT2D eigenvalue weighted by atomic mass is 19.4. The van der Waals surface area contributed by atoms with E-state index in [-0.39, 0.29) is 11.6 Å². The van der Waals surface area contributed by atoms with Crippen molar-refractivity contribution in [3.63, 3.8) is 0 Å². The topological polar surface area (TPSA) is 25.8 Å². The number of rotatable bonds is 1. The number of alkyl halides is 3. The molecule has 70 valence electrons. The molecule has 0 amide bonds. The van der Waals surface area contributed by atoms with Gasteiger partial charge in [0.25, 0.3) is 0 Å². The Morgan fingerprint density at radius 1 is 1.31 bits per heavy atom. The van der Waals surface area contributed by atoms with Gasteiger partial charge in [-0.1, -0.05) is 0 Å². The van der Waals surface area contributed by atoms with Gasteiger partial charge in [0.15, 0.2) is 0 Å². The van der Waals surface area contributed by atoms with E-state index in [2.05, 4.69) is 9.97 Å². The van der Waals surface area contributed by atoms with E-state index in [9.17, 15) is 13.2 Å². The van der Waals surface area contributed by atoms with Crippen LogP contribution in [0.15, 0.2) is 12.5 Å². The Hall–Kier alpha value is -1.13. The number of hydrogen-bond donors (Lipinski definition) is 0. The smallest absolute Gasteiger partial charge is 0.244 e. The molecule has 0 aromatic carbocycles. The molecule has 0 saturated heterocycles. The molecule has 2 rings (SSSR count). The van der Waals surface area contributed by atoms with Crippen molar-refractivity contribution in [2.45, 2.75) is 24.9 Å². The Balaban J connectivity index is 2.43. The summed E-state index contributed by atoms with van der Waals surface area (Å²) >= 11 is 0. The second-order valence-corrected chi connectivity index (χ2v) is 3.09. The molecular weight excluding hydrogens is 181 g/mol. The first kappa shape index (κ1) is 8.47. The third-order valence-corrected chi connectivity index (χ3v) is 2.01. The summed E-state index contributed by atoms with van der Waals surface area (Å²) in [5.41, 5.74) is -0.528. The van der Waals surface area contributed by atoms with E-state index in [1.54, 1.807) is 0 Å². The highest BCUT2D eigenvalue weighted by Gasteiger charge is 2.39. The predicted molar refractivity (Wildman–Crippen MR) is 39.0 cm³/mol. The van der Waals surface area contributed by atoms with E-state index in [0.717, 1.165) is 19.0 Å². The average Bonchev–Trinajstić information content (AvgIpc) is 2.85. The summed E-state index contributed by atoms with van der Waals surface area (Å²) in [6.45, 7) is 0. The normalized spacial score (nSPS) is 17.5. The molecule has 0 radical (unpaired) electrons. The van der Waals surface area contributed by atoms with Crippen LogP contribution in [0.2, 0.25) is 0 Å². The Morgan fingerprint density at radius 2 is 2.00 bits per heavy atom.